The fraction of sp³-hybridized carbons (Fsp3) is 0.625. The molecular weight excluding hydrogens is 274 g/mol. The zero-order chi connectivity index (χ0) is 14.4. The van der Waals surface area contributed by atoms with E-state index >= 15 is 0 Å². The largest absolute Gasteiger partial charge is 0.497 e. The second-order valence-electron chi connectivity index (χ2n) is 5.21. The highest BCUT2D eigenvalue weighted by Crippen LogP contribution is 2.31. The number of hydrogen-bond donors (Lipinski definition) is 1. The van der Waals surface area contributed by atoms with Gasteiger partial charge in [0.15, 0.2) is 0 Å². The Morgan fingerprint density at radius 2 is 2.35 bits per heavy atom. The first-order valence-electron chi connectivity index (χ1n) is 7.43. The third kappa shape index (κ3) is 4.11. The minimum Gasteiger partial charge on any atom is -0.497 e. The molecule has 0 saturated carbocycles. The molecule has 2 atom stereocenters. The van der Waals surface area contributed by atoms with Crippen molar-refractivity contribution in [1.82, 2.24) is 5.32 Å². The van der Waals surface area contributed by atoms with Crippen LogP contribution in [0.15, 0.2) is 18.2 Å². The normalized spacial score (nSPS) is 20.1. The SMILES string of the molecule is CCNC(CCC1CCCO1)c1ccc(OC)cc1Cl. The average molecular weight is 298 g/mol. The third-order valence-corrected chi connectivity index (χ3v) is 4.16. The number of methoxy groups -OCH3 is 1. The summed E-state index contributed by atoms with van der Waals surface area (Å²) in [6.07, 6.45) is 4.94. The highest BCUT2D eigenvalue weighted by atomic mass is 35.5. The predicted molar refractivity (Wildman–Crippen MR) is 82.6 cm³/mol. The Kier molecular flexibility index (Phi) is 6.14. The number of nitrogens with one attached hydrogen (secondary N) is 1. The summed E-state index contributed by atoms with van der Waals surface area (Å²) in [5.41, 5.74) is 1.15. The van der Waals surface area contributed by atoms with E-state index in [4.69, 9.17) is 21.1 Å². The highest BCUT2D eigenvalue weighted by molar-refractivity contribution is 6.31. The Morgan fingerprint density at radius 3 is 2.95 bits per heavy atom. The molecule has 20 heavy (non-hydrogen) atoms. The lowest BCUT2D eigenvalue weighted by atomic mass is 9.99. The first-order valence-corrected chi connectivity index (χ1v) is 7.80. The monoisotopic (exact) mass is 297 g/mol. The zero-order valence-corrected chi connectivity index (χ0v) is 13.1. The smallest absolute Gasteiger partial charge is 0.120 e. The molecule has 0 spiro atoms. The number of hydrogen-bond acceptors (Lipinski definition) is 3. The Labute approximate surface area is 126 Å². The van der Waals surface area contributed by atoms with E-state index in [0.29, 0.717) is 6.10 Å². The van der Waals surface area contributed by atoms with Crippen molar-refractivity contribution < 1.29 is 9.47 Å². The number of halogens is 1. The Hall–Kier alpha value is -0.770. The molecule has 1 aromatic carbocycles. The van der Waals surface area contributed by atoms with Crippen molar-refractivity contribution in [3.05, 3.63) is 28.8 Å². The summed E-state index contributed by atoms with van der Waals surface area (Å²) in [6, 6.07) is 6.19. The van der Waals surface area contributed by atoms with Gasteiger partial charge in [0.1, 0.15) is 5.75 Å². The van der Waals surface area contributed by atoms with E-state index in [-0.39, 0.29) is 6.04 Å². The maximum absolute atomic E-state index is 6.38. The molecule has 2 rings (SSSR count). The van der Waals surface area contributed by atoms with Crippen LogP contribution in [0.4, 0.5) is 0 Å². The second-order valence-corrected chi connectivity index (χ2v) is 5.62. The van der Waals surface area contributed by atoms with E-state index in [1.54, 1.807) is 7.11 Å². The molecule has 1 aliphatic heterocycles. The Morgan fingerprint density at radius 1 is 1.50 bits per heavy atom. The molecular formula is C16H24ClNO2. The summed E-state index contributed by atoms with van der Waals surface area (Å²) in [7, 11) is 1.66. The molecule has 0 amide bonds. The van der Waals surface area contributed by atoms with Crippen molar-refractivity contribution >= 4 is 11.6 Å². The van der Waals surface area contributed by atoms with E-state index in [0.717, 1.165) is 42.3 Å². The molecule has 0 aromatic heterocycles. The number of benzene rings is 1. The summed E-state index contributed by atoms with van der Waals surface area (Å²) in [5.74, 6) is 0.799. The van der Waals surface area contributed by atoms with Crippen LogP contribution in [-0.4, -0.2) is 26.4 Å². The summed E-state index contributed by atoms with van der Waals surface area (Å²) in [6.45, 7) is 3.97. The van der Waals surface area contributed by atoms with Crippen molar-refractivity contribution in [2.45, 2.75) is 44.8 Å². The molecule has 1 aromatic rings. The highest BCUT2D eigenvalue weighted by Gasteiger charge is 2.20. The maximum Gasteiger partial charge on any atom is 0.120 e. The molecule has 1 aliphatic rings. The molecule has 0 radical (unpaired) electrons. The van der Waals surface area contributed by atoms with Crippen LogP contribution in [0.3, 0.4) is 0 Å². The van der Waals surface area contributed by atoms with Gasteiger partial charge < -0.3 is 14.8 Å². The van der Waals surface area contributed by atoms with Gasteiger partial charge in [-0.05, 0) is 49.9 Å². The van der Waals surface area contributed by atoms with Crippen LogP contribution in [0.25, 0.3) is 0 Å². The van der Waals surface area contributed by atoms with Crippen molar-refractivity contribution in [2.75, 3.05) is 20.3 Å². The molecule has 3 nitrogen and oxygen atoms in total. The van der Waals surface area contributed by atoms with Gasteiger partial charge in [0.05, 0.1) is 13.2 Å². The maximum atomic E-state index is 6.38. The average Bonchev–Trinajstić information content (AvgIpc) is 2.97. The first-order chi connectivity index (χ1) is 9.74. The Bertz CT molecular complexity index is 419. The fourth-order valence-corrected chi connectivity index (χ4v) is 3.06. The van der Waals surface area contributed by atoms with E-state index in [1.807, 2.05) is 12.1 Å². The van der Waals surface area contributed by atoms with Crippen LogP contribution in [0.5, 0.6) is 5.75 Å². The zero-order valence-electron chi connectivity index (χ0n) is 12.3. The van der Waals surface area contributed by atoms with E-state index < -0.39 is 0 Å². The fourth-order valence-electron chi connectivity index (χ4n) is 2.76. The third-order valence-electron chi connectivity index (χ3n) is 3.83. The van der Waals surface area contributed by atoms with Gasteiger partial charge in [0.25, 0.3) is 0 Å². The Balaban J connectivity index is 2.02. The van der Waals surface area contributed by atoms with Crippen LogP contribution in [0.1, 0.15) is 44.2 Å². The molecule has 1 heterocycles. The van der Waals surface area contributed by atoms with E-state index in [9.17, 15) is 0 Å². The van der Waals surface area contributed by atoms with E-state index in [1.165, 1.54) is 12.8 Å². The van der Waals surface area contributed by atoms with Crippen LogP contribution in [-0.2, 0) is 4.74 Å². The minimum atomic E-state index is 0.280. The standard InChI is InChI=1S/C16H24ClNO2/c1-3-18-16(9-7-12-5-4-10-20-12)14-8-6-13(19-2)11-15(14)17/h6,8,11-12,16,18H,3-5,7,9-10H2,1-2H3. The second kappa shape index (κ2) is 7.87. The van der Waals surface area contributed by atoms with Gasteiger partial charge >= 0.3 is 0 Å². The summed E-state index contributed by atoms with van der Waals surface area (Å²) in [5, 5.41) is 4.29. The molecule has 1 saturated heterocycles. The van der Waals surface area contributed by atoms with Crippen molar-refractivity contribution in [2.24, 2.45) is 0 Å². The van der Waals surface area contributed by atoms with Gasteiger partial charge in [0, 0.05) is 17.7 Å². The first kappa shape index (κ1) is 15.6. The molecule has 0 bridgehead atoms. The van der Waals surface area contributed by atoms with Gasteiger partial charge in [-0.25, -0.2) is 0 Å². The summed E-state index contributed by atoms with van der Waals surface area (Å²) >= 11 is 6.38. The van der Waals surface area contributed by atoms with Gasteiger partial charge in [-0.1, -0.05) is 24.6 Å². The lowest BCUT2D eigenvalue weighted by Gasteiger charge is -2.21. The van der Waals surface area contributed by atoms with Crippen LogP contribution < -0.4 is 10.1 Å². The lowest BCUT2D eigenvalue weighted by Crippen LogP contribution is -2.22. The van der Waals surface area contributed by atoms with E-state index in [2.05, 4.69) is 18.3 Å². The summed E-state index contributed by atoms with van der Waals surface area (Å²) < 4.78 is 10.9. The van der Waals surface area contributed by atoms with Crippen molar-refractivity contribution in [1.29, 1.82) is 0 Å². The van der Waals surface area contributed by atoms with Crippen LogP contribution in [0.2, 0.25) is 5.02 Å². The number of rotatable bonds is 7. The van der Waals surface area contributed by atoms with Crippen LogP contribution in [0, 0.1) is 0 Å². The molecule has 1 fully saturated rings. The quantitative estimate of drug-likeness (QED) is 0.826. The van der Waals surface area contributed by atoms with Crippen LogP contribution >= 0.6 is 11.6 Å². The topological polar surface area (TPSA) is 30.5 Å². The molecule has 1 N–H and O–H groups in total. The molecule has 4 heteroatoms. The summed E-state index contributed by atoms with van der Waals surface area (Å²) in [4.78, 5) is 0. The minimum absolute atomic E-state index is 0.280. The molecule has 2 unspecified atom stereocenters. The van der Waals surface area contributed by atoms with Gasteiger partial charge in [-0.15, -0.1) is 0 Å². The predicted octanol–water partition coefficient (Wildman–Crippen LogP) is 3.96. The van der Waals surface area contributed by atoms with Gasteiger partial charge in [0.2, 0.25) is 0 Å². The molecule has 112 valence electrons. The van der Waals surface area contributed by atoms with Crippen molar-refractivity contribution in [3.63, 3.8) is 0 Å². The van der Waals surface area contributed by atoms with Crippen molar-refractivity contribution in [3.8, 4) is 5.75 Å². The molecule has 0 aliphatic carbocycles. The lowest BCUT2D eigenvalue weighted by molar-refractivity contribution is 0.0996. The van der Waals surface area contributed by atoms with Gasteiger partial charge in [-0.2, -0.15) is 0 Å². The number of ether oxygens (including phenoxy) is 2. The van der Waals surface area contributed by atoms with Gasteiger partial charge in [-0.3, -0.25) is 0 Å².